The van der Waals surface area contributed by atoms with Crippen LogP contribution in [-0.2, 0) is 5.54 Å². The highest BCUT2D eigenvalue weighted by atomic mass is 32.2. The van der Waals surface area contributed by atoms with Crippen LogP contribution in [0.1, 0.15) is 55.2 Å². The summed E-state index contributed by atoms with van der Waals surface area (Å²) in [6.45, 7) is 6.07. The molecule has 0 spiro atoms. The molecule has 0 bridgehead atoms. The molecule has 0 fully saturated rings. The number of rotatable bonds is 5. The van der Waals surface area contributed by atoms with E-state index in [2.05, 4.69) is 29.1 Å². The van der Waals surface area contributed by atoms with Gasteiger partial charge in [-0.2, -0.15) is 5.26 Å². The molecule has 3 rings (SSSR count). The maximum Gasteiger partial charge on any atom is 0.274 e. The van der Waals surface area contributed by atoms with Crippen molar-refractivity contribution in [2.24, 2.45) is 16.6 Å². The number of hydrogen-bond acceptors (Lipinski definition) is 6. The van der Waals surface area contributed by atoms with Crippen LogP contribution in [0.15, 0.2) is 41.5 Å². The molecule has 156 valence electrons. The quantitative estimate of drug-likeness (QED) is 0.738. The number of nitrogens with two attached hydrogens (primary N) is 1. The van der Waals surface area contributed by atoms with Gasteiger partial charge in [0.1, 0.15) is 17.6 Å². The number of aliphatic imine (C=N–C) groups is 1. The van der Waals surface area contributed by atoms with Crippen molar-refractivity contribution >= 4 is 28.5 Å². The lowest BCUT2D eigenvalue weighted by Gasteiger charge is -2.42. The summed E-state index contributed by atoms with van der Waals surface area (Å²) in [6, 6.07) is 9.42. The summed E-state index contributed by atoms with van der Waals surface area (Å²) in [5.74, 6) is -0.730. The van der Waals surface area contributed by atoms with Crippen LogP contribution in [0.3, 0.4) is 0 Å². The molecule has 3 atom stereocenters. The number of benzene rings is 1. The maximum absolute atomic E-state index is 14.9. The van der Waals surface area contributed by atoms with E-state index in [1.54, 1.807) is 17.8 Å². The zero-order chi connectivity index (χ0) is 21.9. The topological polar surface area (TPSA) is 104 Å². The van der Waals surface area contributed by atoms with Crippen molar-refractivity contribution in [2.75, 3.05) is 5.32 Å². The highest BCUT2D eigenvalue weighted by Gasteiger charge is 2.44. The Hall–Kier alpha value is -2.92. The molecule has 1 aliphatic heterocycles. The van der Waals surface area contributed by atoms with Crippen molar-refractivity contribution in [2.45, 2.75) is 44.4 Å². The number of anilines is 1. The predicted octanol–water partition coefficient (Wildman–Crippen LogP) is 4.43. The molecule has 0 aliphatic carbocycles. The van der Waals surface area contributed by atoms with E-state index >= 15 is 0 Å². The van der Waals surface area contributed by atoms with E-state index < -0.39 is 11.4 Å². The largest absolute Gasteiger partial charge is 0.379 e. The first-order valence-electron chi connectivity index (χ1n) is 9.81. The average molecular weight is 426 g/mol. The number of halogens is 1. The summed E-state index contributed by atoms with van der Waals surface area (Å²) >= 11 is 1.54. The van der Waals surface area contributed by atoms with Crippen LogP contribution in [0.2, 0.25) is 0 Å². The lowest BCUT2D eigenvalue weighted by molar-refractivity contribution is 0.102. The fourth-order valence-corrected chi connectivity index (χ4v) is 5.35. The van der Waals surface area contributed by atoms with E-state index in [0.29, 0.717) is 22.0 Å². The number of amidine groups is 1. The molecule has 6 nitrogen and oxygen atoms in total. The summed E-state index contributed by atoms with van der Waals surface area (Å²) in [5.41, 5.74) is 6.64. The molecule has 3 N–H and O–H groups in total. The molecule has 2 aromatic rings. The number of aromatic nitrogens is 1. The maximum atomic E-state index is 14.9. The van der Waals surface area contributed by atoms with Gasteiger partial charge >= 0.3 is 0 Å². The van der Waals surface area contributed by atoms with Crippen molar-refractivity contribution in [3.63, 3.8) is 0 Å². The van der Waals surface area contributed by atoms with Gasteiger partial charge in [0, 0.05) is 28.6 Å². The first-order valence-corrected chi connectivity index (χ1v) is 10.7. The first-order chi connectivity index (χ1) is 14.3. The summed E-state index contributed by atoms with van der Waals surface area (Å²) in [6.07, 6.45) is 3.06. The smallest absolute Gasteiger partial charge is 0.274 e. The zero-order valence-corrected chi connectivity index (χ0v) is 18.0. The fourth-order valence-electron chi connectivity index (χ4n) is 4.01. The second-order valence-corrected chi connectivity index (χ2v) is 8.63. The second kappa shape index (κ2) is 8.84. The molecular weight excluding hydrogens is 401 g/mol. The Bertz CT molecular complexity index is 1020. The van der Waals surface area contributed by atoms with Gasteiger partial charge in [-0.25, -0.2) is 9.37 Å². The number of carbonyl (C=O) groups is 1. The Balaban J connectivity index is 1.95. The highest BCUT2D eigenvalue weighted by molar-refractivity contribution is 8.14. The van der Waals surface area contributed by atoms with Crippen LogP contribution in [0, 0.1) is 23.1 Å². The SMILES string of the molecule is CCC1SC(N)=NC(C)(c2cc(NC(=O)c3ccc(C#N)cn3)ccc2F)C1CC. The van der Waals surface area contributed by atoms with Crippen molar-refractivity contribution in [1.82, 2.24) is 4.98 Å². The van der Waals surface area contributed by atoms with Gasteiger partial charge in [-0.05, 0) is 50.1 Å². The van der Waals surface area contributed by atoms with E-state index in [-0.39, 0.29) is 22.7 Å². The standard InChI is InChI=1S/C22H24FN5OS/c1-4-15-19(5-2)30-21(25)28-22(15,3)16-10-14(7-8-17(16)23)27-20(29)18-9-6-13(11-24)12-26-18/h6-10,12,15,19H,4-5H2,1-3H3,(H2,25,28)(H,27,29). The van der Waals surface area contributed by atoms with Crippen LogP contribution in [0.25, 0.3) is 0 Å². The van der Waals surface area contributed by atoms with Crippen molar-refractivity contribution < 1.29 is 9.18 Å². The molecule has 30 heavy (non-hydrogen) atoms. The van der Waals surface area contributed by atoms with Crippen molar-refractivity contribution in [1.29, 1.82) is 5.26 Å². The van der Waals surface area contributed by atoms with Crippen LogP contribution < -0.4 is 11.1 Å². The molecule has 3 unspecified atom stereocenters. The van der Waals surface area contributed by atoms with Gasteiger partial charge in [-0.3, -0.25) is 9.79 Å². The minimum Gasteiger partial charge on any atom is -0.379 e. The minimum atomic E-state index is -0.831. The Morgan fingerprint density at radius 2 is 2.10 bits per heavy atom. The average Bonchev–Trinajstić information content (AvgIpc) is 2.74. The van der Waals surface area contributed by atoms with Gasteiger partial charge in [0.2, 0.25) is 0 Å². The van der Waals surface area contributed by atoms with Crippen LogP contribution in [0.5, 0.6) is 0 Å². The van der Waals surface area contributed by atoms with E-state index in [4.69, 9.17) is 11.0 Å². The van der Waals surface area contributed by atoms with E-state index in [1.165, 1.54) is 30.5 Å². The second-order valence-electron chi connectivity index (χ2n) is 7.37. The number of pyridine rings is 1. The number of amides is 1. The molecule has 8 heteroatoms. The molecule has 1 aromatic heterocycles. The van der Waals surface area contributed by atoms with E-state index in [1.807, 2.05) is 13.0 Å². The van der Waals surface area contributed by atoms with Crippen molar-refractivity contribution in [3.05, 3.63) is 59.2 Å². The summed E-state index contributed by atoms with van der Waals surface area (Å²) in [5, 5.41) is 12.3. The van der Waals surface area contributed by atoms with Gasteiger partial charge in [0.05, 0.1) is 11.1 Å². The van der Waals surface area contributed by atoms with Crippen LogP contribution >= 0.6 is 11.8 Å². The Kier molecular flexibility index (Phi) is 6.42. The molecule has 1 aromatic carbocycles. The lowest BCUT2D eigenvalue weighted by atomic mass is 9.75. The molecule has 0 saturated carbocycles. The normalized spacial score (nSPS) is 23.4. The van der Waals surface area contributed by atoms with Gasteiger partial charge in [-0.1, -0.05) is 25.6 Å². The molecule has 1 amide bonds. The fraction of sp³-hybridized carbons (Fsp3) is 0.364. The van der Waals surface area contributed by atoms with Gasteiger partial charge in [-0.15, -0.1) is 0 Å². The number of nitrogens with zero attached hydrogens (tertiary/aromatic N) is 3. The number of thioether (sulfide) groups is 1. The predicted molar refractivity (Wildman–Crippen MR) is 118 cm³/mol. The van der Waals surface area contributed by atoms with Gasteiger partial charge < -0.3 is 11.1 Å². The van der Waals surface area contributed by atoms with E-state index in [0.717, 1.165) is 12.8 Å². The minimum absolute atomic E-state index is 0.0976. The molecule has 2 heterocycles. The van der Waals surface area contributed by atoms with Crippen LogP contribution in [0.4, 0.5) is 10.1 Å². The Labute approximate surface area is 179 Å². The zero-order valence-electron chi connectivity index (χ0n) is 17.1. The van der Waals surface area contributed by atoms with Gasteiger partial charge in [0.25, 0.3) is 5.91 Å². The van der Waals surface area contributed by atoms with Crippen LogP contribution in [-0.4, -0.2) is 21.3 Å². The molecule has 0 radical (unpaired) electrons. The number of hydrogen-bond donors (Lipinski definition) is 2. The number of nitriles is 1. The summed E-state index contributed by atoms with van der Waals surface area (Å²) in [4.78, 5) is 21.2. The highest BCUT2D eigenvalue weighted by Crippen LogP contribution is 2.47. The Morgan fingerprint density at radius 1 is 1.33 bits per heavy atom. The van der Waals surface area contributed by atoms with Gasteiger partial charge in [0.15, 0.2) is 5.17 Å². The third-order valence-corrected chi connectivity index (χ3v) is 6.82. The summed E-state index contributed by atoms with van der Waals surface area (Å²) < 4.78 is 14.9. The molecule has 1 aliphatic rings. The Morgan fingerprint density at radius 3 is 2.70 bits per heavy atom. The van der Waals surface area contributed by atoms with E-state index in [9.17, 15) is 9.18 Å². The molecule has 0 saturated heterocycles. The lowest BCUT2D eigenvalue weighted by Crippen LogP contribution is -2.43. The first kappa shape index (κ1) is 21.8. The third kappa shape index (κ3) is 4.17. The van der Waals surface area contributed by atoms with Crippen molar-refractivity contribution in [3.8, 4) is 6.07 Å². The monoisotopic (exact) mass is 425 g/mol. The number of carbonyl (C=O) groups excluding carboxylic acids is 1. The number of nitrogens with one attached hydrogen (secondary N) is 1. The summed E-state index contributed by atoms with van der Waals surface area (Å²) in [7, 11) is 0. The molecular formula is C22H24FN5OS. The third-order valence-electron chi connectivity index (χ3n) is 5.52.